The third-order valence-electron chi connectivity index (χ3n) is 11.9. The predicted octanol–water partition coefficient (Wildman–Crippen LogP) is 8.32. The number of hydrogen-bond donors (Lipinski definition) is 4. The van der Waals surface area contributed by atoms with Crippen LogP contribution in [0.5, 0.6) is 11.5 Å². The number of benzene rings is 4. The van der Waals surface area contributed by atoms with Crippen LogP contribution in [0.3, 0.4) is 0 Å². The third-order valence-corrected chi connectivity index (χ3v) is 11.9. The van der Waals surface area contributed by atoms with E-state index in [2.05, 4.69) is 77.3 Å². The molecule has 0 unspecified atom stereocenters. The van der Waals surface area contributed by atoms with E-state index >= 15 is 0 Å². The Morgan fingerprint density at radius 2 is 1.55 bits per heavy atom. The summed E-state index contributed by atoms with van der Waals surface area (Å²) in [6.07, 6.45) is 7.57. The third kappa shape index (κ3) is 12.6. The molecule has 0 bridgehead atoms. The molecule has 16 heteroatoms. The summed E-state index contributed by atoms with van der Waals surface area (Å²) in [5.74, 6) is 1.67. The van der Waals surface area contributed by atoms with E-state index in [0.717, 1.165) is 80.4 Å². The van der Waals surface area contributed by atoms with Gasteiger partial charge in [0.05, 0.1) is 47.2 Å². The molecule has 7 rings (SSSR count). The highest BCUT2D eigenvalue weighted by Gasteiger charge is 2.32. The number of hydrogen-bond acceptors (Lipinski definition) is 14. The molecule has 5 aromatic rings. The van der Waals surface area contributed by atoms with Gasteiger partial charge in [-0.25, -0.2) is 9.98 Å². The number of nitrogens with zero attached hydrogens (tertiary/aromatic N) is 7. The zero-order valence-corrected chi connectivity index (χ0v) is 41.1. The van der Waals surface area contributed by atoms with E-state index in [9.17, 15) is 9.59 Å². The first-order chi connectivity index (χ1) is 31.4. The SMILES string of the molecule is CC(=O)c1ccc(N=CN)c(N(C)C)c1.CCC(CC)N1CCCc2cc(N)c(ON(C)Oc3cc4c(cc3N)C(C)(C)CCN4CC)cc21.COC.Cn1c(N)nc2ccc(C=O)cc21. The fourth-order valence-electron chi connectivity index (χ4n) is 8.20. The molecule has 2 aliphatic rings. The van der Waals surface area contributed by atoms with Crippen molar-refractivity contribution in [2.24, 2.45) is 17.8 Å². The Bertz CT molecular complexity index is 2440. The quantitative estimate of drug-likeness (QED) is 0.0232. The first-order valence-electron chi connectivity index (χ1n) is 22.5. The Kier molecular flexibility index (Phi) is 18.6. The second kappa shape index (κ2) is 23.6. The highest BCUT2D eigenvalue weighted by atomic mass is 16.9. The number of aryl methyl sites for hydroxylation is 2. The zero-order valence-electron chi connectivity index (χ0n) is 41.1. The number of aldehydes is 1. The second-order valence-corrected chi connectivity index (χ2v) is 17.3. The van der Waals surface area contributed by atoms with Crippen molar-refractivity contribution in [3.8, 4) is 11.5 Å². The first-order valence-corrected chi connectivity index (χ1v) is 22.5. The van der Waals surface area contributed by atoms with Gasteiger partial charge in [0.1, 0.15) is 6.29 Å². The standard InChI is InChI=1S/C28H43N5O2.C11H15N3O.C9H9N3O.C2H6O/c1-7-20(8-2)33-13-10-11-19-15-22(29)26(17-24(19)33)34-31(6)35-27-18-25-21(16-23(27)30)28(4,5)12-14-32(25)9-3;1-8(15)9-4-5-10(13-7-12)11(6-9)14(2)3;1-12-8-4-6(5-13)2-3-7(8)11-9(12)10;1-3-2/h15-18,20H,7-14,29-30H2,1-6H3;4-7H,1-3H3,(H2,12,13);2-5H,1H3,(H2,10,11);1-2H3. The number of ketones is 1. The summed E-state index contributed by atoms with van der Waals surface area (Å²) in [5.41, 5.74) is 34.6. The molecule has 0 fully saturated rings. The van der Waals surface area contributed by atoms with Crippen molar-refractivity contribution in [3.63, 3.8) is 0 Å². The molecule has 16 nitrogen and oxygen atoms in total. The molecular formula is C50H73N11O5. The maximum atomic E-state index is 11.2. The van der Waals surface area contributed by atoms with Crippen LogP contribution in [-0.4, -0.2) is 94.2 Å². The molecule has 358 valence electrons. The Morgan fingerprint density at radius 3 is 2.12 bits per heavy atom. The lowest BCUT2D eigenvalue weighted by atomic mass is 9.77. The molecule has 8 N–H and O–H groups in total. The van der Waals surface area contributed by atoms with Gasteiger partial charge in [0.25, 0.3) is 0 Å². The molecule has 0 spiro atoms. The smallest absolute Gasteiger partial charge is 0.200 e. The van der Waals surface area contributed by atoms with Gasteiger partial charge >= 0.3 is 0 Å². The number of fused-ring (bicyclic) bond motifs is 3. The van der Waals surface area contributed by atoms with Gasteiger partial charge in [-0.15, -0.1) is 0 Å². The fraction of sp³-hybridized carbons (Fsp3) is 0.440. The van der Waals surface area contributed by atoms with Crippen LogP contribution in [0.15, 0.2) is 65.7 Å². The molecule has 3 heterocycles. The van der Waals surface area contributed by atoms with Gasteiger partial charge in [-0.05, 0) is 111 Å². The van der Waals surface area contributed by atoms with Crippen LogP contribution >= 0.6 is 0 Å². The van der Waals surface area contributed by atoms with Crippen molar-refractivity contribution in [2.75, 3.05) is 86.9 Å². The minimum atomic E-state index is 0.0429. The topological polar surface area (TPSA) is 209 Å². The summed E-state index contributed by atoms with van der Waals surface area (Å²) < 4.78 is 6.00. The number of aliphatic imine (C=N–C) groups is 1. The summed E-state index contributed by atoms with van der Waals surface area (Å²) >= 11 is 0. The number of anilines is 6. The van der Waals surface area contributed by atoms with E-state index in [0.29, 0.717) is 46.0 Å². The molecule has 66 heavy (non-hydrogen) atoms. The maximum Gasteiger partial charge on any atom is 0.200 e. The van der Waals surface area contributed by atoms with Crippen molar-refractivity contribution < 1.29 is 24.0 Å². The van der Waals surface area contributed by atoms with Gasteiger partial charge in [0, 0.05) is 101 Å². The first kappa shape index (κ1) is 52.1. The van der Waals surface area contributed by atoms with Crippen molar-refractivity contribution in [1.82, 2.24) is 14.8 Å². The monoisotopic (exact) mass is 908 g/mol. The molecular weight excluding hydrogens is 835 g/mol. The number of methoxy groups -OCH3 is 1. The highest BCUT2D eigenvalue weighted by Crippen LogP contribution is 2.44. The number of ether oxygens (including phenoxy) is 1. The number of nitrogens with two attached hydrogens (primary N) is 4. The lowest BCUT2D eigenvalue weighted by Gasteiger charge is -2.40. The van der Waals surface area contributed by atoms with E-state index in [1.165, 1.54) is 34.1 Å². The van der Waals surface area contributed by atoms with Crippen LogP contribution in [0.25, 0.3) is 11.0 Å². The van der Waals surface area contributed by atoms with Crippen molar-refractivity contribution >= 4 is 69.5 Å². The summed E-state index contributed by atoms with van der Waals surface area (Å²) in [6, 6.07) is 19.4. The predicted molar refractivity (Wildman–Crippen MR) is 273 cm³/mol. The van der Waals surface area contributed by atoms with Crippen LogP contribution in [0.4, 0.5) is 40.1 Å². The summed E-state index contributed by atoms with van der Waals surface area (Å²) in [4.78, 5) is 48.8. The Morgan fingerprint density at radius 1 is 0.909 bits per heavy atom. The molecule has 4 aromatic carbocycles. The maximum absolute atomic E-state index is 11.2. The van der Waals surface area contributed by atoms with Crippen LogP contribution in [0, 0.1) is 0 Å². The van der Waals surface area contributed by atoms with Crippen LogP contribution < -0.4 is 47.3 Å². The number of rotatable bonds is 12. The number of nitrogen functional groups attached to an aromatic ring is 3. The summed E-state index contributed by atoms with van der Waals surface area (Å²) in [7, 11) is 10.6. The number of aromatic nitrogens is 2. The number of carbonyl (C=O) groups excluding carboxylic acids is 2. The van der Waals surface area contributed by atoms with Gasteiger partial charge in [0.2, 0.25) is 5.95 Å². The average molecular weight is 908 g/mol. The highest BCUT2D eigenvalue weighted by molar-refractivity contribution is 5.96. The lowest BCUT2D eigenvalue weighted by molar-refractivity contribution is -0.235. The fourth-order valence-corrected chi connectivity index (χ4v) is 8.20. The van der Waals surface area contributed by atoms with Crippen molar-refractivity contribution in [1.29, 1.82) is 0 Å². The molecule has 0 atom stereocenters. The second-order valence-electron chi connectivity index (χ2n) is 17.3. The van der Waals surface area contributed by atoms with Crippen LogP contribution in [0.1, 0.15) is 99.1 Å². The van der Waals surface area contributed by atoms with Gasteiger partial charge in [-0.1, -0.05) is 27.7 Å². The molecule has 0 radical (unpaired) electrons. The molecule has 0 amide bonds. The molecule has 1 aromatic heterocycles. The average Bonchev–Trinajstić information content (AvgIpc) is 3.57. The van der Waals surface area contributed by atoms with E-state index in [1.54, 1.807) is 63.1 Å². The normalized spacial score (nSPS) is 13.7. The van der Waals surface area contributed by atoms with Crippen LogP contribution in [0.2, 0.25) is 0 Å². The van der Waals surface area contributed by atoms with E-state index < -0.39 is 0 Å². The lowest BCUT2D eigenvalue weighted by Crippen LogP contribution is -2.38. The largest absolute Gasteiger partial charge is 0.396 e. The Balaban J connectivity index is 0.000000251. The minimum absolute atomic E-state index is 0.0429. The number of carbonyl (C=O) groups is 2. The zero-order chi connectivity index (χ0) is 48.9. The summed E-state index contributed by atoms with van der Waals surface area (Å²) in [5, 5.41) is 1.35. The van der Waals surface area contributed by atoms with Gasteiger partial charge in [0.15, 0.2) is 17.3 Å². The van der Waals surface area contributed by atoms with Gasteiger partial charge < -0.3 is 56.6 Å². The minimum Gasteiger partial charge on any atom is -0.396 e. The molecule has 0 saturated carbocycles. The van der Waals surface area contributed by atoms with Crippen molar-refractivity contribution in [3.05, 3.63) is 82.9 Å². The van der Waals surface area contributed by atoms with Crippen molar-refractivity contribution in [2.45, 2.75) is 85.1 Å². The molecule has 0 aliphatic carbocycles. The molecule has 0 saturated heterocycles. The van der Waals surface area contributed by atoms with E-state index in [-0.39, 0.29) is 11.2 Å². The van der Waals surface area contributed by atoms with E-state index in [1.807, 2.05) is 38.2 Å². The Labute approximate surface area is 391 Å². The van der Waals surface area contributed by atoms with Gasteiger partial charge in [-0.3, -0.25) is 9.59 Å². The van der Waals surface area contributed by atoms with E-state index in [4.69, 9.17) is 32.6 Å². The number of Topliss-reactive ketones (excluding diaryl/α,β-unsaturated/α-hetero) is 1. The summed E-state index contributed by atoms with van der Waals surface area (Å²) in [6.45, 7) is 15.8. The Hall–Kier alpha value is -6.52. The number of hydroxylamine groups is 2. The molecule has 2 aliphatic heterocycles. The number of imidazole rings is 1. The van der Waals surface area contributed by atoms with Crippen LogP contribution in [-0.2, 0) is 23.6 Å². The van der Waals surface area contributed by atoms with Gasteiger partial charge in [-0.2, -0.15) is 0 Å².